The molecule has 0 aliphatic carbocycles. The maximum absolute atomic E-state index is 15.9. The molecule has 190 valence electrons. The molecule has 0 unspecified atom stereocenters. The van der Waals surface area contributed by atoms with E-state index in [9.17, 15) is 9.59 Å². The van der Waals surface area contributed by atoms with Gasteiger partial charge in [-0.3, -0.25) is 4.57 Å². The van der Waals surface area contributed by atoms with Gasteiger partial charge in [0.05, 0.1) is 17.5 Å². The maximum Gasteiger partial charge on any atom is 0.338 e. The molecule has 4 aromatic rings. The molecule has 0 spiro atoms. The molecule has 37 heavy (non-hydrogen) atoms. The number of fused-ring (bicyclic) bond motifs is 1. The van der Waals surface area contributed by atoms with Crippen LogP contribution >= 0.6 is 23.4 Å². The van der Waals surface area contributed by atoms with Crippen molar-refractivity contribution in [1.29, 1.82) is 0 Å². The minimum atomic E-state index is -1.84. The summed E-state index contributed by atoms with van der Waals surface area (Å²) in [5, 5.41) is 0.481. The fourth-order valence-corrected chi connectivity index (χ4v) is 4.70. The van der Waals surface area contributed by atoms with Gasteiger partial charge in [0.15, 0.2) is 24.2 Å². The Morgan fingerprint density at radius 2 is 1.70 bits per heavy atom. The van der Waals surface area contributed by atoms with Crippen LogP contribution < -0.4 is 0 Å². The van der Waals surface area contributed by atoms with Crippen molar-refractivity contribution in [1.82, 2.24) is 19.5 Å². The topological polar surface area (TPSA) is 105 Å². The summed E-state index contributed by atoms with van der Waals surface area (Å²) < 4.78 is 34.2. The number of aromatic nitrogens is 4. The smallest absolute Gasteiger partial charge is 0.338 e. The quantitative estimate of drug-likeness (QED) is 0.144. The molecule has 2 aromatic carbocycles. The molecule has 0 amide bonds. The van der Waals surface area contributed by atoms with Crippen molar-refractivity contribution >= 4 is 46.5 Å². The number of rotatable bonds is 7. The van der Waals surface area contributed by atoms with Crippen molar-refractivity contribution < 1.29 is 28.2 Å². The number of imidazole rings is 1. The average molecular weight is 543 g/mol. The fraction of sp³-hybridized carbons (Fsp3) is 0.240. The van der Waals surface area contributed by atoms with Crippen molar-refractivity contribution in [3.8, 4) is 0 Å². The maximum atomic E-state index is 15.9. The van der Waals surface area contributed by atoms with Crippen LogP contribution in [0.3, 0.4) is 0 Å². The van der Waals surface area contributed by atoms with Crippen molar-refractivity contribution in [3.63, 3.8) is 0 Å². The minimum absolute atomic E-state index is 0.0348. The standard InChI is InChI=1S/C25H20ClFN4O5S/c1-37-21-18-20(29-25(26)30-21)31(13-28-18)22-17(27)19(36-24(33)15-10-6-3-7-11-15)16(35-22)12-34-23(32)14-8-4-2-5-9-14/h2-11,13,16-17,19,22H,12H2,1H3/t16-,17+,19-,22-/m1/s1. The lowest BCUT2D eigenvalue weighted by Gasteiger charge is -2.19. The minimum Gasteiger partial charge on any atom is -0.459 e. The second-order valence-corrected chi connectivity index (χ2v) is 9.17. The van der Waals surface area contributed by atoms with Crippen LogP contribution in [-0.4, -0.2) is 62.7 Å². The summed E-state index contributed by atoms with van der Waals surface area (Å²) in [6.45, 7) is -0.351. The summed E-state index contributed by atoms with van der Waals surface area (Å²) in [6, 6.07) is 16.5. The molecule has 5 rings (SSSR count). The van der Waals surface area contributed by atoms with Gasteiger partial charge in [0.25, 0.3) is 0 Å². The summed E-state index contributed by atoms with van der Waals surface area (Å²) in [5.41, 5.74) is 1.25. The Kier molecular flexibility index (Phi) is 7.36. The van der Waals surface area contributed by atoms with Gasteiger partial charge in [-0.1, -0.05) is 36.4 Å². The van der Waals surface area contributed by atoms with E-state index in [0.29, 0.717) is 16.1 Å². The molecule has 1 saturated heterocycles. The van der Waals surface area contributed by atoms with Crippen LogP contribution in [0.2, 0.25) is 5.28 Å². The molecular weight excluding hydrogens is 523 g/mol. The van der Waals surface area contributed by atoms with Crippen LogP contribution in [0.4, 0.5) is 4.39 Å². The van der Waals surface area contributed by atoms with Gasteiger partial charge in [-0.2, -0.15) is 4.98 Å². The van der Waals surface area contributed by atoms with E-state index in [-0.39, 0.29) is 23.1 Å². The highest BCUT2D eigenvalue weighted by molar-refractivity contribution is 7.98. The molecule has 9 nitrogen and oxygen atoms in total. The van der Waals surface area contributed by atoms with Gasteiger partial charge in [-0.05, 0) is 42.1 Å². The molecule has 0 saturated carbocycles. The second kappa shape index (κ2) is 10.8. The van der Waals surface area contributed by atoms with Gasteiger partial charge < -0.3 is 14.2 Å². The predicted octanol–water partition coefficient (Wildman–Crippen LogP) is 4.52. The Hall–Kier alpha value is -3.54. The Morgan fingerprint density at radius 1 is 1.05 bits per heavy atom. The van der Waals surface area contributed by atoms with E-state index in [1.165, 1.54) is 22.7 Å². The number of carbonyl (C=O) groups is 2. The van der Waals surface area contributed by atoms with Crippen molar-refractivity contribution in [2.45, 2.75) is 29.6 Å². The largest absolute Gasteiger partial charge is 0.459 e. The first-order chi connectivity index (χ1) is 18.0. The highest BCUT2D eigenvalue weighted by atomic mass is 35.5. The predicted molar refractivity (Wildman–Crippen MR) is 133 cm³/mol. The van der Waals surface area contributed by atoms with Crippen molar-refractivity contribution in [2.24, 2.45) is 0 Å². The molecule has 1 aliphatic heterocycles. The zero-order valence-corrected chi connectivity index (χ0v) is 20.9. The highest BCUT2D eigenvalue weighted by Gasteiger charge is 2.50. The number of carbonyl (C=O) groups excluding carboxylic acids is 2. The number of hydrogen-bond donors (Lipinski definition) is 0. The lowest BCUT2D eigenvalue weighted by molar-refractivity contribution is -0.0570. The molecule has 12 heteroatoms. The average Bonchev–Trinajstić information content (AvgIpc) is 3.48. The van der Waals surface area contributed by atoms with Gasteiger partial charge in [0.2, 0.25) is 5.28 Å². The van der Waals surface area contributed by atoms with Gasteiger partial charge in [-0.15, -0.1) is 11.8 Å². The van der Waals surface area contributed by atoms with E-state index >= 15 is 4.39 Å². The number of hydrogen-bond acceptors (Lipinski definition) is 9. The molecule has 4 atom stereocenters. The summed E-state index contributed by atoms with van der Waals surface area (Å²) in [6.07, 6.45) is -2.43. The third kappa shape index (κ3) is 5.15. The number of esters is 2. The van der Waals surface area contributed by atoms with E-state index in [2.05, 4.69) is 15.0 Å². The fourth-order valence-electron chi connectivity index (χ4n) is 3.97. The van der Waals surface area contributed by atoms with Crippen molar-refractivity contribution in [2.75, 3.05) is 12.9 Å². The Bertz CT molecular complexity index is 1420. The molecule has 0 N–H and O–H groups in total. The number of thioether (sulfide) groups is 1. The summed E-state index contributed by atoms with van der Waals surface area (Å²) in [4.78, 5) is 37.9. The molecule has 0 bridgehead atoms. The molecule has 1 fully saturated rings. The van der Waals surface area contributed by atoms with Crippen molar-refractivity contribution in [3.05, 3.63) is 83.4 Å². The first-order valence-corrected chi connectivity index (χ1v) is 12.8. The van der Waals surface area contributed by atoms with Gasteiger partial charge >= 0.3 is 11.9 Å². The zero-order chi connectivity index (χ0) is 25.9. The molecule has 1 aliphatic rings. The lowest BCUT2D eigenvalue weighted by Crippen LogP contribution is -2.37. The second-order valence-electron chi connectivity index (χ2n) is 8.04. The SMILES string of the molecule is CSc1nc(Cl)nc2c1ncn2[C@@H]1O[C@H](COC(=O)c2ccccc2)[C@@H](OC(=O)c2ccccc2)[C@@H]1F. The van der Waals surface area contributed by atoms with Crippen LogP contribution in [0.5, 0.6) is 0 Å². The van der Waals surface area contributed by atoms with Gasteiger partial charge in [-0.25, -0.2) is 23.9 Å². The number of alkyl halides is 1. The van der Waals surface area contributed by atoms with E-state index in [1.807, 2.05) is 0 Å². The Morgan fingerprint density at radius 3 is 2.35 bits per heavy atom. The third-order valence-electron chi connectivity index (χ3n) is 5.74. The van der Waals surface area contributed by atoms with E-state index < -0.39 is 36.5 Å². The number of ether oxygens (including phenoxy) is 3. The summed E-state index contributed by atoms with van der Waals surface area (Å²) >= 11 is 7.39. The van der Waals surface area contributed by atoms with E-state index in [4.69, 9.17) is 25.8 Å². The lowest BCUT2D eigenvalue weighted by atomic mass is 10.1. The zero-order valence-electron chi connectivity index (χ0n) is 19.4. The monoisotopic (exact) mass is 542 g/mol. The van der Waals surface area contributed by atoms with Crippen LogP contribution in [0.25, 0.3) is 11.2 Å². The number of benzene rings is 2. The van der Waals surface area contributed by atoms with Crippen LogP contribution in [0.15, 0.2) is 72.0 Å². The first kappa shape index (κ1) is 25.1. The third-order valence-corrected chi connectivity index (χ3v) is 6.58. The molecule has 2 aromatic heterocycles. The van der Waals surface area contributed by atoms with E-state index in [0.717, 1.165) is 0 Å². The Labute approximate surface area is 219 Å². The van der Waals surface area contributed by atoms with Gasteiger partial charge in [0.1, 0.15) is 23.3 Å². The normalized spacial score (nSPS) is 21.2. The van der Waals surface area contributed by atoms with Crippen LogP contribution in [0.1, 0.15) is 26.9 Å². The first-order valence-electron chi connectivity index (χ1n) is 11.2. The molecule has 3 heterocycles. The highest BCUT2D eigenvalue weighted by Crippen LogP contribution is 2.37. The van der Waals surface area contributed by atoms with Gasteiger partial charge in [0, 0.05) is 0 Å². The van der Waals surface area contributed by atoms with Crippen LogP contribution in [0, 0.1) is 0 Å². The number of halogens is 2. The Balaban J connectivity index is 1.43. The van der Waals surface area contributed by atoms with E-state index in [1.54, 1.807) is 66.9 Å². The number of nitrogens with zero attached hydrogens (tertiary/aromatic N) is 4. The molecular formula is C25H20ClFN4O5S. The summed E-state index contributed by atoms with van der Waals surface area (Å²) in [7, 11) is 0. The van der Waals surface area contributed by atoms with Crippen LogP contribution in [-0.2, 0) is 14.2 Å². The molecule has 0 radical (unpaired) electrons. The summed E-state index contributed by atoms with van der Waals surface area (Å²) in [5.74, 6) is -1.35.